The van der Waals surface area contributed by atoms with Crippen LogP contribution in [-0.4, -0.2) is 11.3 Å². The summed E-state index contributed by atoms with van der Waals surface area (Å²) in [6, 6.07) is 12.4. The molecule has 6 heteroatoms. The largest absolute Gasteiger partial charge is 0.511 e. The quantitative estimate of drug-likeness (QED) is 0.706. The van der Waals surface area contributed by atoms with Gasteiger partial charge in [0.1, 0.15) is 5.75 Å². The molecule has 0 spiro atoms. The number of hydrogen-bond donors (Lipinski definition) is 1. The number of fused-ring (bicyclic) bond motifs is 1. The number of carbonyl (C=O) groups is 1. The van der Waals surface area contributed by atoms with Crippen LogP contribution < -0.4 is 4.74 Å². The molecule has 0 bridgehead atoms. The van der Waals surface area contributed by atoms with Gasteiger partial charge in [0.2, 0.25) is 0 Å². The minimum Gasteiger partial charge on any atom is -0.474 e. The van der Waals surface area contributed by atoms with Crippen molar-refractivity contribution in [2.24, 2.45) is 0 Å². The summed E-state index contributed by atoms with van der Waals surface area (Å²) >= 11 is 12.1. The Kier molecular flexibility index (Phi) is 4.43. The average molecular weight is 365 g/mol. The first kappa shape index (κ1) is 16.7. The second-order valence-corrected chi connectivity index (χ2v) is 6.14. The number of rotatable bonds is 3. The molecule has 1 N–H and O–H groups in total. The van der Waals surface area contributed by atoms with E-state index in [4.69, 9.17) is 37.8 Å². The number of carboxylic acid groups (broad SMARTS) is 1. The van der Waals surface area contributed by atoms with E-state index in [1.807, 2.05) is 31.2 Å². The fourth-order valence-corrected chi connectivity index (χ4v) is 3.09. The first-order valence-electron chi connectivity index (χ1n) is 7.33. The molecule has 0 aromatic heterocycles. The van der Waals surface area contributed by atoms with Crippen LogP contribution in [0.1, 0.15) is 24.5 Å². The molecule has 124 valence electrons. The van der Waals surface area contributed by atoms with E-state index < -0.39 is 11.8 Å². The average Bonchev–Trinajstić information content (AvgIpc) is 2.56. The lowest BCUT2D eigenvalue weighted by molar-refractivity contribution is 0.0270. The van der Waals surface area contributed by atoms with Crippen LogP contribution in [0.3, 0.4) is 0 Å². The van der Waals surface area contributed by atoms with E-state index in [-0.39, 0.29) is 5.76 Å². The summed E-state index contributed by atoms with van der Waals surface area (Å²) in [5.74, 6) is 0.831. The Morgan fingerprint density at radius 2 is 1.96 bits per heavy atom. The summed E-state index contributed by atoms with van der Waals surface area (Å²) < 4.78 is 11.3. The molecule has 1 unspecified atom stereocenters. The summed E-state index contributed by atoms with van der Waals surface area (Å²) in [5, 5.41) is 9.89. The zero-order chi connectivity index (χ0) is 17.3. The second-order valence-electron chi connectivity index (χ2n) is 5.33. The lowest BCUT2D eigenvalue weighted by Crippen LogP contribution is -2.38. The molecule has 0 saturated heterocycles. The Morgan fingerprint density at radius 1 is 1.21 bits per heavy atom. The summed E-state index contributed by atoms with van der Waals surface area (Å²) in [6.07, 6.45) is 0.722. The zero-order valence-electron chi connectivity index (χ0n) is 12.8. The third kappa shape index (κ3) is 2.83. The minimum atomic E-state index is -1.40. The van der Waals surface area contributed by atoms with Gasteiger partial charge in [-0.2, -0.15) is 0 Å². The van der Waals surface area contributed by atoms with Gasteiger partial charge in [0.25, 0.3) is 0 Å². The standard InChI is InChI=1S/C18H14Cl2O4/c1-2-18(12-7-8-13(19)14(20)10-12)16(23-17(21)22)9-11-5-3-4-6-15(11)24-18/h3-10H,2H2,1H3,(H,21,22). The molecule has 2 aromatic rings. The van der Waals surface area contributed by atoms with Crippen LogP contribution in [-0.2, 0) is 10.3 Å². The monoisotopic (exact) mass is 364 g/mol. The van der Waals surface area contributed by atoms with Gasteiger partial charge in [0.15, 0.2) is 11.4 Å². The van der Waals surface area contributed by atoms with Gasteiger partial charge in [-0.15, -0.1) is 0 Å². The van der Waals surface area contributed by atoms with Gasteiger partial charge < -0.3 is 14.6 Å². The number of ether oxygens (including phenoxy) is 2. The van der Waals surface area contributed by atoms with Crippen LogP contribution in [0.15, 0.2) is 48.2 Å². The van der Waals surface area contributed by atoms with Crippen LogP contribution in [0.2, 0.25) is 10.0 Å². The molecule has 24 heavy (non-hydrogen) atoms. The van der Waals surface area contributed by atoms with Crippen LogP contribution in [0.5, 0.6) is 5.75 Å². The van der Waals surface area contributed by atoms with Crippen molar-refractivity contribution < 1.29 is 19.4 Å². The molecule has 3 rings (SSSR count). The summed E-state index contributed by atoms with van der Waals surface area (Å²) in [4.78, 5) is 11.2. The maximum Gasteiger partial charge on any atom is 0.511 e. The highest BCUT2D eigenvalue weighted by Crippen LogP contribution is 2.45. The lowest BCUT2D eigenvalue weighted by Gasteiger charge is -2.38. The van der Waals surface area contributed by atoms with Gasteiger partial charge in [-0.1, -0.05) is 54.4 Å². The highest BCUT2D eigenvalue weighted by Gasteiger charge is 2.43. The topological polar surface area (TPSA) is 55.8 Å². The lowest BCUT2D eigenvalue weighted by atomic mass is 9.86. The van der Waals surface area contributed by atoms with Crippen molar-refractivity contribution >= 4 is 35.4 Å². The maximum atomic E-state index is 11.2. The molecule has 2 aromatic carbocycles. The SMILES string of the molecule is CCC1(c2ccc(Cl)c(Cl)c2)Oc2ccccc2C=C1OC(=O)O. The molecule has 4 nitrogen and oxygen atoms in total. The highest BCUT2D eigenvalue weighted by molar-refractivity contribution is 6.42. The smallest absolute Gasteiger partial charge is 0.474 e. The van der Waals surface area contributed by atoms with E-state index in [2.05, 4.69) is 0 Å². The van der Waals surface area contributed by atoms with Gasteiger partial charge in [-0.3, -0.25) is 0 Å². The molecular formula is C18H14Cl2O4. The van der Waals surface area contributed by atoms with E-state index in [9.17, 15) is 4.79 Å². The number of halogens is 2. The van der Waals surface area contributed by atoms with Crippen LogP contribution in [0.25, 0.3) is 6.08 Å². The Morgan fingerprint density at radius 3 is 2.62 bits per heavy atom. The molecule has 1 heterocycles. The second kappa shape index (κ2) is 6.38. The van der Waals surface area contributed by atoms with E-state index in [1.54, 1.807) is 24.3 Å². The third-order valence-corrected chi connectivity index (χ3v) is 4.71. The molecular weight excluding hydrogens is 351 g/mol. The first-order chi connectivity index (χ1) is 11.5. The molecule has 0 amide bonds. The molecule has 1 aliphatic heterocycles. The summed E-state index contributed by atoms with van der Waals surface area (Å²) in [6.45, 7) is 1.88. The fraction of sp³-hybridized carbons (Fsp3) is 0.167. The first-order valence-corrected chi connectivity index (χ1v) is 8.08. The Labute approximate surface area is 149 Å². The Balaban J connectivity index is 2.20. The molecule has 0 saturated carbocycles. The van der Waals surface area contributed by atoms with Crippen LogP contribution >= 0.6 is 23.2 Å². The van der Waals surface area contributed by atoms with Crippen LogP contribution in [0.4, 0.5) is 4.79 Å². The van der Waals surface area contributed by atoms with Crippen molar-refractivity contribution in [3.63, 3.8) is 0 Å². The van der Waals surface area contributed by atoms with Crippen molar-refractivity contribution in [1.82, 2.24) is 0 Å². The van der Waals surface area contributed by atoms with E-state index in [1.165, 1.54) is 0 Å². The van der Waals surface area contributed by atoms with Gasteiger partial charge in [0.05, 0.1) is 10.0 Å². The third-order valence-electron chi connectivity index (χ3n) is 3.97. The van der Waals surface area contributed by atoms with Gasteiger partial charge in [-0.25, -0.2) is 4.79 Å². The molecule has 1 atom stereocenters. The Bertz CT molecular complexity index is 832. The van der Waals surface area contributed by atoms with Crippen molar-refractivity contribution in [3.05, 3.63) is 69.4 Å². The molecule has 0 aliphatic carbocycles. The number of para-hydroxylation sites is 1. The van der Waals surface area contributed by atoms with Gasteiger partial charge in [0, 0.05) is 11.1 Å². The minimum absolute atomic E-state index is 0.189. The zero-order valence-corrected chi connectivity index (χ0v) is 14.3. The van der Waals surface area contributed by atoms with Gasteiger partial charge >= 0.3 is 6.16 Å². The van der Waals surface area contributed by atoms with Crippen molar-refractivity contribution in [2.75, 3.05) is 0 Å². The normalized spacial score (nSPS) is 19.0. The van der Waals surface area contributed by atoms with Crippen LogP contribution in [0, 0.1) is 0 Å². The predicted octanol–water partition coefficient (Wildman–Crippen LogP) is 5.73. The van der Waals surface area contributed by atoms with Crippen molar-refractivity contribution in [3.8, 4) is 5.75 Å². The predicted molar refractivity (Wildman–Crippen MR) is 92.6 cm³/mol. The summed E-state index contributed by atoms with van der Waals surface area (Å²) in [7, 11) is 0. The molecule has 0 radical (unpaired) electrons. The van der Waals surface area contributed by atoms with E-state index in [0.717, 1.165) is 5.56 Å². The maximum absolute atomic E-state index is 11.2. The fourth-order valence-electron chi connectivity index (χ4n) is 2.79. The van der Waals surface area contributed by atoms with E-state index in [0.29, 0.717) is 27.8 Å². The molecule has 0 fully saturated rings. The Hall–Kier alpha value is -2.17. The van der Waals surface area contributed by atoms with Crippen molar-refractivity contribution in [1.29, 1.82) is 0 Å². The highest BCUT2D eigenvalue weighted by atomic mass is 35.5. The summed E-state index contributed by atoms with van der Waals surface area (Å²) in [5.41, 5.74) is 0.320. The number of benzene rings is 2. The molecule has 1 aliphatic rings. The van der Waals surface area contributed by atoms with Crippen molar-refractivity contribution in [2.45, 2.75) is 18.9 Å². The van der Waals surface area contributed by atoms with Gasteiger partial charge in [-0.05, 0) is 30.7 Å². The number of hydrogen-bond acceptors (Lipinski definition) is 3. The van der Waals surface area contributed by atoms with E-state index >= 15 is 0 Å².